The molecule has 0 heterocycles. The summed E-state index contributed by atoms with van der Waals surface area (Å²) >= 11 is 0. The molecular weight excluding hydrogens is 330 g/mol. The second-order valence-electron chi connectivity index (χ2n) is 7.17. The number of rotatable bonds is 13. The van der Waals surface area contributed by atoms with Crippen molar-refractivity contribution >= 4 is 5.91 Å². The van der Waals surface area contributed by atoms with Crippen molar-refractivity contribution in [2.75, 3.05) is 0 Å². The molecule has 0 bridgehead atoms. The van der Waals surface area contributed by atoms with Gasteiger partial charge in [-0.3, -0.25) is 4.79 Å². The highest BCUT2D eigenvalue weighted by Gasteiger charge is 2.14. The maximum Gasteiger partial charge on any atom is 0.223 e. The molecule has 0 aliphatic carbocycles. The van der Waals surface area contributed by atoms with Crippen LogP contribution in [0, 0.1) is 0 Å². The van der Waals surface area contributed by atoms with Gasteiger partial charge in [0.1, 0.15) is 0 Å². The van der Waals surface area contributed by atoms with Crippen LogP contribution in [0.5, 0.6) is 0 Å². The summed E-state index contributed by atoms with van der Waals surface area (Å²) in [4.78, 5) is 14.8. The molecule has 0 fully saturated rings. The number of hydrogen-bond donors (Lipinski definition) is 0. The molecule has 1 amide bonds. The molecular formula is C25H33NO. The summed E-state index contributed by atoms with van der Waals surface area (Å²) in [5, 5.41) is 0. The highest BCUT2D eigenvalue weighted by Crippen LogP contribution is 2.14. The van der Waals surface area contributed by atoms with Gasteiger partial charge in [0.05, 0.1) is 0 Å². The van der Waals surface area contributed by atoms with E-state index in [2.05, 4.69) is 30.8 Å². The van der Waals surface area contributed by atoms with Crippen molar-refractivity contribution in [3.05, 3.63) is 84.4 Å². The van der Waals surface area contributed by atoms with Crippen LogP contribution in [0.4, 0.5) is 0 Å². The zero-order valence-corrected chi connectivity index (χ0v) is 16.5. The Balaban J connectivity index is 1.80. The van der Waals surface area contributed by atoms with Crippen molar-refractivity contribution in [3.8, 4) is 0 Å². The third-order valence-corrected chi connectivity index (χ3v) is 4.83. The first kappa shape index (κ1) is 21.0. The van der Waals surface area contributed by atoms with E-state index in [1.54, 1.807) is 0 Å². The maximum atomic E-state index is 12.8. The normalized spacial score (nSPS) is 10.5. The van der Waals surface area contributed by atoms with Crippen LogP contribution < -0.4 is 0 Å². The van der Waals surface area contributed by atoms with Gasteiger partial charge >= 0.3 is 0 Å². The zero-order valence-electron chi connectivity index (χ0n) is 16.5. The van der Waals surface area contributed by atoms with Crippen LogP contribution in [0.1, 0.15) is 62.5 Å². The molecule has 2 nitrogen and oxygen atoms in total. The van der Waals surface area contributed by atoms with Gasteiger partial charge in [-0.15, -0.1) is 6.58 Å². The number of carbonyl (C=O) groups excluding carboxylic acids is 1. The summed E-state index contributed by atoms with van der Waals surface area (Å²) in [5.74, 6) is 0.259. The minimum Gasteiger partial charge on any atom is -0.334 e. The fourth-order valence-electron chi connectivity index (χ4n) is 3.27. The molecule has 0 saturated heterocycles. The SMILES string of the molecule is C=CCCCCCCCCC(=O)N(Cc1ccccc1)Cc1ccccc1. The smallest absolute Gasteiger partial charge is 0.223 e. The first-order chi connectivity index (χ1) is 13.3. The summed E-state index contributed by atoms with van der Waals surface area (Å²) < 4.78 is 0. The lowest BCUT2D eigenvalue weighted by atomic mass is 10.1. The monoisotopic (exact) mass is 363 g/mol. The van der Waals surface area contributed by atoms with Gasteiger partial charge in [0.15, 0.2) is 0 Å². The summed E-state index contributed by atoms with van der Waals surface area (Å²) in [7, 11) is 0. The Bertz CT molecular complexity index is 609. The maximum absolute atomic E-state index is 12.8. The van der Waals surface area contributed by atoms with Crippen LogP contribution in [0.3, 0.4) is 0 Å². The van der Waals surface area contributed by atoms with Gasteiger partial charge in [-0.2, -0.15) is 0 Å². The second-order valence-corrected chi connectivity index (χ2v) is 7.17. The largest absolute Gasteiger partial charge is 0.334 e. The molecule has 2 aromatic carbocycles. The predicted molar refractivity (Wildman–Crippen MR) is 114 cm³/mol. The molecule has 2 rings (SSSR count). The quantitative estimate of drug-likeness (QED) is 0.293. The van der Waals surface area contributed by atoms with Crippen molar-refractivity contribution in [2.24, 2.45) is 0 Å². The summed E-state index contributed by atoms with van der Waals surface area (Å²) in [6, 6.07) is 20.5. The average Bonchev–Trinajstić information content (AvgIpc) is 2.71. The van der Waals surface area contributed by atoms with E-state index >= 15 is 0 Å². The number of benzene rings is 2. The van der Waals surface area contributed by atoms with E-state index in [1.807, 2.05) is 47.4 Å². The zero-order chi connectivity index (χ0) is 19.2. The fraction of sp³-hybridized carbons (Fsp3) is 0.400. The Morgan fingerprint density at radius 1 is 0.741 bits per heavy atom. The van der Waals surface area contributed by atoms with Gasteiger partial charge in [0.25, 0.3) is 0 Å². The number of hydrogen-bond acceptors (Lipinski definition) is 1. The van der Waals surface area contributed by atoms with Crippen molar-refractivity contribution in [1.82, 2.24) is 4.90 Å². The number of carbonyl (C=O) groups is 1. The van der Waals surface area contributed by atoms with Gasteiger partial charge in [-0.25, -0.2) is 0 Å². The van der Waals surface area contributed by atoms with Crippen LogP contribution in [-0.4, -0.2) is 10.8 Å². The molecule has 0 atom stereocenters. The number of unbranched alkanes of at least 4 members (excludes halogenated alkanes) is 6. The highest BCUT2D eigenvalue weighted by molar-refractivity contribution is 5.76. The second kappa shape index (κ2) is 12.9. The van der Waals surface area contributed by atoms with E-state index in [0.29, 0.717) is 19.5 Å². The molecule has 27 heavy (non-hydrogen) atoms. The molecule has 0 aliphatic heterocycles. The van der Waals surface area contributed by atoms with Gasteiger partial charge in [0, 0.05) is 19.5 Å². The van der Waals surface area contributed by atoms with Gasteiger partial charge in [0.2, 0.25) is 5.91 Å². The lowest BCUT2D eigenvalue weighted by molar-refractivity contribution is -0.132. The minimum atomic E-state index is 0.259. The average molecular weight is 364 g/mol. The van der Waals surface area contributed by atoms with Crippen LogP contribution in [0.15, 0.2) is 73.3 Å². The van der Waals surface area contributed by atoms with Crippen LogP contribution in [-0.2, 0) is 17.9 Å². The van der Waals surface area contributed by atoms with E-state index in [4.69, 9.17) is 0 Å². The van der Waals surface area contributed by atoms with E-state index in [9.17, 15) is 4.79 Å². The standard InChI is InChI=1S/C25H33NO/c1-2-3-4-5-6-7-8-15-20-25(27)26(21-23-16-11-9-12-17-23)22-24-18-13-10-14-19-24/h2,9-14,16-19H,1,3-8,15,20-22H2. The summed E-state index contributed by atoms with van der Waals surface area (Å²) in [6.07, 6.45) is 10.9. The first-order valence-electron chi connectivity index (χ1n) is 10.3. The summed E-state index contributed by atoms with van der Waals surface area (Å²) in [6.45, 7) is 5.11. The van der Waals surface area contributed by atoms with Gasteiger partial charge in [-0.05, 0) is 30.4 Å². The summed E-state index contributed by atoms with van der Waals surface area (Å²) in [5.41, 5.74) is 2.37. The molecule has 0 spiro atoms. The number of nitrogens with zero attached hydrogens (tertiary/aromatic N) is 1. The van der Waals surface area contributed by atoms with Crippen LogP contribution in [0.2, 0.25) is 0 Å². The molecule has 144 valence electrons. The number of amides is 1. The van der Waals surface area contributed by atoms with E-state index in [-0.39, 0.29) is 5.91 Å². The van der Waals surface area contributed by atoms with Crippen molar-refractivity contribution in [1.29, 1.82) is 0 Å². The Kier molecular flexibility index (Phi) is 10.0. The van der Waals surface area contributed by atoms with Crippen LogP contribution in [0.25, 0.3) is 0 Å². The topological polar surface area (TPSA) is 20.3 Å². The highest BCUT2D eigenvalue weighted by atomic mass is 16.2. The van der Waals surface area contributed by atoms with Crippen molar-refractivity contribution in [2.45, 2.75) is 64.5 Å². The van der Waals surface area contributed by atoms with Gasteiger partial charge < -0.3 is 4.90 Å². The Morgan fingerprint density at radius 3 is 1.74 bits per heavy atom. The first-order valence-corrected chi connectivity index (χ1v) is 10.3. The Hall–Kier alpha value is -2.35. The van der Waals surface area contributed by atoms with Crippen molar-refractivity contribution in [3.63, 3.8) is 0 Å². The fourth-order valence-corrected chi connectivity index (χ4v) is 3.27. The molecule has 0 radical (unpaired) electrons. The van der Waals surface area contributed by atoms with Gasteiger partial charge in [-0.1, -0.05) is 92.4 Å². The molecule has 2 heteroatoms. The van der Waals surface area contributed by atoms with Crippen LogP contribution >= 0.6 is 0 Å². The Labute approximate surface area is 164 Å². The lowest BCUT2D eigenvalue weighted by Crippen LogP contribution is -2.29. The van der Waals surface area contributed by atoms with Crippen molar-refractivity contribution < 1.29 is 4.79 Å². The Morgan fingerprint density at radius 2 is 1.22 bits per heavy atom. The third kappa shape index (κ3) is 8.72. The molecule has 0 saturated carbocycles. The molecule has 0 N–H and O–H groups in total. The molecule has 2 aromatic rings. The molecule has 0 aromatic heterocycles. The minimum absolute atomic E-state index is 0.259. The number of allylic oxidation sites excluding steroid dienone is 1. The molecule has 0 aliphatic rings. The lowest BCUT2D eigenvalue weighted by Gasteiger charge is -2.23. The third-order valence-electron chi connectivity index (χ3n) is 4.83. The van der Waals surface area contributed by atoms with E-state index < -0.39 is 0 Å². The predicted octanol–water partition coefficient (Wildman–Crippen LogP) is 6.52. The molecule has 0 unspecified atom stereocenters. The van der Waals surface area contributed by atoms with E-state index in [1.165, 1.54) is 36.8 Å². The van der Waals surface area contributed by atoms with E-state index in [0.717, 1.165) is 19.3 Å².